The molecule has 5 heteroatoms. The van der Waals surface area contributed by atoms with Crippen molar-refractivity contribution in [2.75, 3.05) is 11.9 Å². The molecule has 4 nitrogen and oxygen atoms in total. The van der Waals surface area contributed by atoms with Crippen LogP contribution in [0.4, 0.5) is 5.82 Å². The van der Waals surface area contributed by atoms with E-state index in [0.29, 0.717) is 12.2 Å². The zero-order valence-electron chi connectivity index (χ0n) is 11.1. The summed E-state index contributed by atoms with van der Waals surface area (Å²) in [6, 6.07) is 5.40. The maximum atomic E-state index is 12.0. The van der Waals surface area contributed by atoms with Gasteiger partial charge in [0.15, 0.2) is 0 Å². The third-order valence-electron chi connectivity index (χ3n) is 2.74. The predicted octanol–water partition coefficient (Wildman–Crippen LogP) is 2.81. The van der Waals surface area contributed by atoms with E-state index in [0.717, 1.165) is 17.9 Å². The van der Waals surface area contributed by atoms with E-state index in [1.165, 1.54) is 5.56 Å². The number of rotatable bonds is 5. The van der Waals surface area contributed by atoms with Crippen LogP contribution in [0.1, 0.15) is 28.5 Å². The van der Waals surface area contributed by atoms with Crippen LogP contribution in [0.2, 0.25) is 0 Å². The Morgan fingerprint density at radius 3 is 2.89 bits per heavy atom. The first kappa shape index (κ1) is 13.5. The molecule has 0 saturated heterocycles. The van der Waals surface area contributed by atoms with Crippen molar-refractivity contribution in [2.45, 2.75) is 20.4 Å². The highest BCUT2D eigenvalue weighted by Gasteiger charge is 2.08. The van der Waals surface area contributed by atoms with Gasteiger partial charge in [-0.3, -0.25) is 4.79 Å². The van der Waals surface area contributed by atoms with Gasteiger partial charge >= 0.3 is 0 Å². The van der Waals surface area contributed by atoms with Crippen LogP contribution in [0.3, 0.4) is 0 Å². The summed E-state index contributed by atoms with van der Waals surface area (Å²) >= 11 is 1.65. The Labute approximate surface area is 116 Å². The van der Waals surface area contributed by atoms with Gasteiger partial charge in [-0.2, -0.15) is 11.3 Å². The van der Waals surface area contributed by atoms with Gasteiger partial charge in [0.05, 0.1) is 0 Å². The monoisotopic (exact) mass is 275 g/mol. The minimum atomic E-state index is -0.148. The predicted molar refractivity (Wildman–Crippen MR) is 78.6 cm³/mol. The molecule has 0 aliphatic heterocycles. The number of hydrogen-bond acceptors (Lipinski definition) is 4. The summed E-state index contributed by atoms with van der Waals surface area (Å²) < 4.78 is 0. The van der Waals surface area contributed by atoms with Crippen molar-refractivity contribution >= 4 is 23.1 Å². The number of carbonyl (C=O) groups is 1. The molecule has 0 bridgehead atoms. The van der Waals surface area contributed by atoms with Gasteiger partial charge in [-0.15, -0.1) is 0 Å². The van der Waals surface area contributed by atoms with Gasteiger partial charge in [-0.05, 0) is 47.9 Å². The summed E-state index contributed by atoms with van der Waals surface area (Å²) in [5.41, 5.74) is 2.80. The van der Waals surface area contributed by atoms with E-state index in [1.807, 2.05) is 26.0 Å². The van der Waals surface area contributed by atoms with Gasteiger partial charge in [-0.25, -0.2) is 4.98 Å². The summed E-state index contributed by atoms with van der Waals surface area (Å²) in [6.45, 7) is 5.36. The van der Waals surface area contributed by atoms with Crippen molar-refractivity contribution < 1.29 is 4.79 Å². The number of amides is 1. The lowest BCUT2D eigenvalue weighted by Crippen LogP contribution is -2.24. The van der Waals surface area contributed by atoms with E-state index in [9.17, 15) is 4.79 Å². The van der Waals surface area contributed by atoms with E-state index in [1.54, 1.807) is 17.4 Å². The fourth-order valence-electron chi connectivity index (χ4n) is 1.67. The van der Waals surface area contributed by atoms with Gasteiger partial charge in [0, 0.05) is 13.1 Å². The maximum absolute atomic E-state index is 12.0. The molecule has 0 unspecified atom stereocenters. The molecule has 2 N–H and O–H groups in total. The molecule has 1 amide bonds. The summed E-state index contributed by atoms with van der Waals surface area (Å²) in [5.74, 6) is 0.576. The smallest absolute Gasteiger partial charge is 0.270 e. The first-order chi connectivity index (χ1) is 9.20. The molecule has 2 rings (SSSR count). The van der Waals surface area contributed by atoms with Crippen LogP contribution in [-0.4, -0.2) is 17.4 Å². The van der Waals surface area contributed by atoms with Crippen LogP contribution in [0.5, 0.6) is 0 Å². The molecule has 0 spiro atoms. The standard InChI is InChI=1S/C14H17N3OS/c1-3-15-13-6-4-5-12(17-13)14(18)16-7-11-9-19-8-10(11)2/h4-6,8-9H,3,7H2,1-2H3,(H,15,17)(H,16,18). The Kier molecular flexibility index (Phi) is 4.52. The first-order valence-corrected chi connectivity index (χ1v) is 7.15. The number of aryl methyl sites for hydroxylation is 1. The summed E-state index contributed by atoms with van der Waals surface area (Å²) in [6.07, 6.45) is 0. The van der Waals surface area contributed by atoms with Crippen molar-refractivity contribution in [1.82, 2.24) is 10.3 Å². The molecule has 0 fully saturated rings. The molecule has 2 heterocycles. The Morgan fingerprint density at radius 1 is 1.37 bits per heavy atom. The average molecular weight is 275 g/mol. The third kappa shape index (κ3) is 3.54. The quantitative estimate of drug-likeness (QED) is 0.882. The van der Waals surface area contributed by atoms with E-state index in [4.69, 9.17) is 0 Å². The number of anilines is 1. The SMILES string of the molecule is CCNc1cccc(C(=O)NCc2cscc2C)n1. The Morgan fingerprint density at radius 2 is 2.21 bits per heavy atom. The van der Waals surface area contributed by atoms with E-state index in [2.05, 4.69) is 26.4 Å². The van der Waals surface area contributed by atoms with Crippen LogP contribution >= 0.6 is 11.3 Å². The van der Waals surface area contributed by atoms with Gasteiger partial charge in [0.25, 0.3) is 5.91 Å². The number of hydrogen-bond donors (Lipinski definition) is 2. The lowest BCUT2D eigenvalue weighted by molar-refractivity contribution is 0.0946. The van der Waals surface area contributed by atoms with Gasteiger partial charge in [0.2, 0.25) is 0 Å². The zero-order chi connectivity index (χ0) is 13.7. The summed E-state index contributed by atoms with van der Waals surface area (Å²) in [7, 11) is 0. The molecular formula is C14H17N3OS. The van der Waals surface area contributed by atoms with E-state index in [-0.39, 0.29) is 5.91 Å². The topological polar surface area (TPSA) is 54.0 Å². The van der Waals surface area contributed by atoms with E-state index >= 15 is 0 Å². The van der Waals surface area contributed by atoms with E-state index < -0.39 is 0 Å². The molecule has 0 saturated carbocycles. The molecule has 2 aromatic heterocycles. The molecular weight excluding hydrogens is 258 g/mol. The molecule has 2 aromatic rings. The Hall–Kier alpha value is -1.88. The Bertz CT molecular complexity index is 565. The molecule has 0 radical (unpaired) electrons. The number of pyridine rings is 1. The highest BCUT2D eigenvalue weighted by atomic mass is 32.1. The van der Waals surface area contributed by atoms with Crippen molar-refractivity contribution in [1.29, 1.82) is 0 Å². The minimum absolute atomic E-state index is 0.148. The molecule has 0 aliphatic rings. The lowest BCUT2D eigenvalue weighted by Gasteiger charge is -2.06. The second-order valence-corrected chi connectivity index (χ2v) is 4.94. The molecule has 19 heavy (non-hydrogen) atoms. The number of nitrogens with one attached hydrogen (secondary N) is 2. The molecule has 100 valence electrons. The second-order valence-electron chi connectivity index (χ2n) is 4.20. The molecule has 0 atom stereocenters. The van der Waals surface area contributed by atoms with Crippen molar-refractivity contribution in [3.63, 3.8) is 0 Å². The van der Waals surface area contributed by atoms with Gasteiger partial charge < -0.3 is 10.6 Å². The molecule has 0 aromatic carbocycles. The lowest BCUT2D eigenvalue weighted by atomic mass is 10.2. The minimum Gasteiger partial charge on any atom is -0.370 e. The Balaban J connectivity index is 2.00. The summed E-state index contributed by atoms with van der Waals surface area (Å²) in [4.78, 5) is 16.3. The van der Waals surface area contributed by atoms with Crippen LogP contribution in [-0.2, 0) is 6.54 Å². The van der Waals surface area contributed by atoms with Crippen LogP contribution in [0.15, 0.2) is 29.0 Å². The van der Waals surface area contributed by atoms with Gasteiger partial charge in [0.1, 0.15) is 11.5 Å². The third-order valence-corrected chi connectivity index (χ3v) is 3.65. The van der Waals surface area contributed by atoms with Gasteiger partial charge in [-0.1, -0.05) is 6.07 Å². The van der Waals surface area contributed by atoms with Crippen molar-refractivity contribution in [3.05, 3.63) is 45.8 Å². The number of aromatic nitrogens is 1. The largest absolute Gasteiger partial charge is 0.370 e. The number of nitrogens with zero attached hydrogens (tertiary/aromatic N) is 1. The van der Waals surface area contributed by atoms with Crippen molar-refractivity contribution in [3.8, 4) is 0 Å². The highest BCUT2D eigenvalue weighted by Crippen LogP contribution is 2.13. The zero-order valence-corrected chi connectivity index (χ0v) is 11.9. The number of carbonyl (C=O) groups excluding carboxylic acids is 1. The van der Waals surface area contributed by atoms with Crippen LogP contribution in [0.25, 0.3) is 0 Å². The first-order valence-electron chi connectivity index (χ1n) is 6.21. The van der Waals surface area contributed by atoms with Crippen molar-refractivity contribution in [2.24, 2.45) is 0 Å². The fourth-order valence-corrected chi connectivity index (χ4v) is 2.53. The fraction of sp³-hybridized carbons (Fsp3) is 0.286. The van der Waals surface area contributed by atoms with Crippen LogP contribution < -0.4 is 10.6 Å². The van der Waals surface area contributed by atoms with Crippen LogP contribution in [0, 0.1) is 6.92 Å². The maximum Gasteiger partial charge on any atom is 0.270 e. The second kappa shape index (κ2) is 6.33. The normalized spacial score (nSPS) is 10.2. The highest BCUT2D eigenvalue weighted by molar-refractivity contribution is 7.08. The average Bonchev–Trinajstić information content (AvgIpc) is 2.82. The number of thiophene rings is 1. The molecule has 0 aliphatic carbocycles. The summed E-state index contributed by atoms with van der Waals surface area (Å²) in [5, 5.41) is 10.1.